The van der Waals surface area contributed by atoms with Crippen LogP contribution in [0, 0.1) is 11.3 Å². The zero-order valence-electron chi connectivity index (χ0n) is 11.0. The Morgan fingerprint density at radius 3 is 2.71 bits per heavy atom. The molecule has 2 fully saturated rings. The van der Waals surface area contributed by atoms with Gasteiger partial charge in [-0.15, -0.1) is 0 Å². The van der Waals surface area contributed by atoms with Gasteiger partial charge in [-0.3, -0.25) is 0 Å². The lowest BCUT2D eigenvalue weighted by atomic mass is 9.61. The minimum atomic E-state index is 0.0731. The van der Waals surface area contributed by atoms with Gasteiger partial charge in [-0.05, 0) is 43.6 Å². The summed E-state index contributed by atoms with van der Waals surface area (Å²) in [7, 11) is 0. The lowest BCUT2D eigenvalue weighted by molar-refractivity contribution is -0.0928. The predicted octanol–water partition coefficient (Wildman–Crippen LogP) is 4.33. The number of ether oxygens (including phenoxy) is 1. The summed E-state index contributed by atoms with van der Waals surface area (Å²) >= 11 is 0. The molecule has 2 heterocycles. The predicted molar refractivity (Wildman–Crippen MR) is 66.7 cm³/mol. The van der Waals surface area contributed by atoms with Gasteiger partial charge in [-0.1, -0.05) is 20.3 Å². The third-order valence-corrected chi connectivity index (χ3v) is 4.95. The van der Waals surface area contributed by atoms with Crippen molar-refractivity contribution in [2.45, 2.75) is 58.2 Å². The molecule has 3 rings (SSSR count). The molecule has 0 aromatic carbocycles. The maximum atomic E-state index is 6.37. The van der Waals surface area contributed by atoms with E-state index in [0.717, 1.165) is 6.42 Å². The molecule has 0 spiro atoms. The molecule has 1 saturated carbocycles. The molecule has 2 heteroatoms. The normalized spacial score (nSPS) is 40.2. The van der Waals surface area contributed by atoms with Crippen LogP contribution in [0.5, 0.6) is 0 Å². The van der Waals surface area contributed by atoms with Crippen LogP contribution in [0.3, 0.4) is 0 Å². The molecule has 0 amide bonds. The van der Waals surface area contributed by atoms with Gasteiger partial charge < -0.3 is 9.15 Å². The zero-order valence-corrected chi connectivity index (χ0v) is 11.0. The Labute approximate surface area is 103 Å². The SMILES string of the molecule is CC1(C)CCCC2(C)OC(c3ccoc3)CC12. The van der Waals surface area contributed by atoms with Crippen LogP contribution in [0.1, 0.15) is 58.1 Å². The van der Waals surface area contributed by atoms with Crippen molar-refractivity contribution in [2.24, 2.45) is 11.3 Å². The largest absolute Gasteiger partial charge is 0.472 e. The molecule has 0 N–H and O–H groups in total. The first-order valence-electron chi connectivity index (χ1n) is 6.71. The molecule has 0 bridgehead atoms. The van der Waals surface area contributed by atoms with E-state index >= 15 is 0 Å². The van der Waals surface area contributed by atoms with Crippen molar-refractivity contribution in [3.63, 3.8) is 0 Å². The number of hydrogen-bond acceptors (Lipinski definition) is 2. The van der Waals surface area contributed by atoms with Crippen molar-refractivity contribution >= 4 is 0 Å². The van der Waals surface area contributed by atoms with Crippen molar-refractivity contribution in [1.82, 2.24) is 0 Å². The van der Waals surface area contributed by atoms with E-state index in [2.05, 4.69) is 20.8 Å². The molecule has 1 aliphatic heterocycles. The van der Waals surface area contributed by atoms with Crippen molar-refractivity contribution in [1.29, 1.82) is 0 Å². The van der Waals surface area contributed by atoms with Crippen LogP contribution in [-0.4, -0.2) is 5.60 Å². The van der Waals surface area contributed by atoms with Gasteiger partial charge in [-0.25, -0.2) is 0 Å². The molecular formula is C15H22O2. The highest BCUT2D eigenvalue weighted by molar-refractivity contribution is 5.15. The van der Waals surface area contributed by atoms with E-state index in [0.29, 0.717) is 11.3 Å². The molecule has 1 aliphatic carbocycles. The van der Waals surface area contributed by atoms with E-state index < -0.39 is 0 Å². The standard InChI is InChI=1S/C15H22O2/c1-14(2)6-4-7-15(3)13(14)9-12(17-15)11-5-8-16-10-11/h5,8,10,12-13H,4,6-7,9H2,1-3H3. The van der Waals surface area contributed by atoms with Crippen molar-refractivity contribution in [2.75, 3.05) is 0 Å². The number of furan rings is 1. The first kappa shape index (κ1) is 11.3. The Bertz CT molecular complexity index is 393. The molecule has 1 aromatic heterocycles. The number of fused-ring (bicyclic) bond motifs is 1. The molecule has 94 valence electrons. The number of rotatable bonds is 1. The van der Waals surface area contributed by atoms with Gasteiger partial charge in [0.05, 0.1) is 24.2 Å². The van der Waals surface area contributed by atoms with E-state index in [1.165, 1.54) is 24.8 Å². The first-order valence-corrected chi connectivity index (χ1v) is 6.71. The second-order valence-corrected chi connectivity index (χ2v) is 6.61. The van der Waals surface area contributed by atoms with Gasteiger partial charge in [0, 0.05) is 5.56 Å². The van der Waals surface area contributed by atoms with Gasteiger partial charge in [0.1, 0.15) is 0 Å². The Hall–Kier alpha value is -0.760. The van der Waals surface area contributed by atoms with Gasteiger partial charge in [-0.2, -0.15) is 0 Å². The maximum absolute atomic E-state index is 6.37. The minimum absolute atomic E-state index is 0.0731. The average molecular weight is 234 g/mol. The molecular weight excluding hydrogens is 212 g/mol. The van der Waals surface area contributed by atoms with Crippen LogP contribution in [0.15, 0.2) is 23.0 Å². The van der Waals surface area contributed by atoms with E-state index in [-0.39, 0.29) is 11.7 Å². The lowest BCUT2D eigenvalue weighted by Gasteiger charge is -2.45. The fourth-order valence-electron chi connectivity index (χ4n) is 4.03. The lowest BCUT2D eigenvalue weighted by Crippen LogP contribution is -2.44. The highest BCUT2D eigenvalue weighted by Crippen LogP contribution is 2.57. The van der Waals surface area contributed by atoms with Crippen LogP contribution in [0.2, 0.25) is 0 Å². The van der Waals surface area contributed by atoms with Crippen LogP contribution < -0.4 is 0 Å². The Morgan fingerprint density at radius 1 is 1.24 bits per heavy atom. The van der Waals surface area contributed by atoms with Crippen molar-refractivity contribution < 1.29 is 9.15 Å². The fourth-order valence-corrected chi connectivity index (χ4v) is 4.03. The van der Waals surface area contributed by atoms with Gasteiger partial charge in [0.15, 0.2) is 0 Å². The molecule has 1 aromatic rings. The Morgan fingerprint density at radius 2 is 2.06 bits per heavy atom. The van der Waals surface area contributed by atoms with Crippen LogP contribution in [-0.2, 0) is 4.74 Å². The molecule has 17 heavy (non-hydrogen) atoms. The van der Waals surface area contributed by atoms with Crippen molar-refractivity contribution in [3.8, 4) is 0 Å². The quantitative estimate of drug-likeness (QED) is 0.721. The van der Waals surface area contributed by atoms with Crippen LogP contribution in [0.4, 0.5) is 0 Å². The minimum Gasteiger partial charge on any atom is -0.472 e. The summed E-state index contributed by atoms with van der Waals surface area (Å²) in [5.74, 6) is 0.670. The molecule has 1 saturated heterocycles. The topological polar surface area (TPSA) is 22.4 Å². The molecule has 2 aliphatic rings. The maximum Gasteiger partial charge on any atom is 0.0960 e. The van der Waals surface area contributed by atoms with Gasteiger partial charge in [0.25, 0.3) is 0 Å². The molecule has 0 radical (unpaired) electrons. The van der Waals surface area contributed by atoms with Crippen molar-refractivity contribution in [3.05, 3.63) is 24.2 Å². The van der Waals surface area contributed by atoms with E-state index in [9.17, 15) is 0 Å². The second-order valence-electron chi connectivity index (χ2n) is 6.61. The third kappa shape index (κ3) is 1.74. The molecule has 3 unspecified atom stereocenters. The summed E-state index contributed by atoms with van der Waals surface area (Å²) in [5, 5.41) is 0. The summed E-state index contributed by atoms with van der Waals surface area (Å²) < 4.78 is 11.6. The number of hydrogen-bond donors (Lipinski definition) is 0. The zero-order chi connectivity index (χ0) is 12.1. The second kappa shape index (κ2) is 3.61. The molecule has 2 nitrogen and oxygen atoms in total. The fraction of sp³-hybridized carbons (Fsp3) is 0.733. The Balaban J connectivity index is 1.88. The summed E-state index contributed by atoms with van der Waals surface area (Å²) in [5.41, 5.74) is 1.69. The summed E-state index contributed by atoms with van der Waals surface area (Å²) in [6, 6.07) is 2.04. The van der Waals surface area contributed by atoms with E-state index in [4.69, 9.17) is 9.15 Å². The van der Waals surface area contributed by atoms with Gasteiger partial charge in [0.2, 0.25) is 0 Å². The third-order valence-electron chi connectivity index (χ3n) is 4.95. The van der Waals surface area contributed by atoms with Gasteiger partial charge >= 0.3 is 0 Å². The van der Waals surface area contributed by atoms with Crippen LogP contribution >= 0.6 is 0 Å². The Kier molecular flexibility index (Phi) is 2.41. The summed E-state index contributed by atoms with van der Waals surface area (Å²) in [4.78, 5) is 0. The highest BCUT2D eigenvalue weighted by Gasteiger charge is 2.53. The monoisotopic (exact) mass is 234 g/mol. The van der Waals surface area contributed by atoms with Crippen LogP contribution in [0.25, 0.3) is 0 Å². The van der Waals surface area contributed by atoms with E-state index in [1.54, 1.807) is 6.26 Å². The molecule has 3 atom stereocenters. The van der Waals surface area contributed by atoms with E-state index in [1.807, 2.05) is 12.3 Å². The highest BCUT2D eigenvalue weighted by atomic mass is 16.5. The smallest absolute Gasteiger partial charge is 0.0960 e. The summed E-state index contributed by atoms with van der Waals surface area (Å²) in [6.07, 6.45) is 8.78. The average Bonchev–Trinajstić information content (AvgIpc) is 2.83. The summed E-state index contributed by atoms with van der Waals surface area (Å²) in [6.45, 7) is 7.10. The first-order chi connectivity index (χ1) is 8.01.